The number of primary sulfonamides is 1. The summed E-state index contributed by atoms with van der Waals surface area (Å²) in [4.78, 5) is 11.7. The molecule has 6 heteroatoms. The van der Waals surface area contributed by atoms with Crippen molar-refractivity contribution >= 4 is 16.0 Å². The van der Waals surface area contributed by atoms with Gasteiger partial charge < -0.3 is 4.74 Å². The van der Waals surface area contributed by atoms with Gasteiger partial charge in [0.2, 0.25) is 10.0 Å². The summed E-state index contributed by atoms with van der Waals surface area (Å²) >= 11 is 0. The van der Waals surface area contributed by atoms with E-state index in [1.807, 2.05) is 6.92 Å². The Morgan fingerprint density at radius 2 is 2.11 bits per heavy atom. The van der Waals surface area contributed by atoms with Gasteiger partial charge in [-0.3, -0.25) is 0 Å². The first kappa shape index (κ1) is 15.7. The molecular formula is C13H19NO4S. The third-order valence-electron chi connectivity index (χ3n) is 2.68. The van der Waals surface area contributed by atoms with E-state index in [-0.39, 0.29) is 16.4 Å². The predicted octanol–water partition coefficient (Wildman–Crippen LogP) is 1.93. The molecule has 0 saturated carbocycles. The number of nitrogens with two attached hydrogens (primary N) is 1. The normalized spacial score (nSPS) is 13.0. The zero-order chi connectivity index (χ0) is 14.5. The van der Waals surface area contributed by atoms with Gasteiger partial charge >= 0.3 is 5.97 Å². The molecule has 0 aromatic heterocycles. The van der Waals surface area contributed by atoms with E-state index in [0.717, 1.165) is 12.8 Å². The van der Waals surface area contributed by atoms with Crippen LogP contribution in [0.4, 0.5) is 0 Å². The molecule has 0 aliphatic carbocycles. The molecule has 0 fully saturated rings. The SMILES string of the molecule is CCCC(C)COC(=O)c1cccc(S(N)(=O)=O)c1. The number of hydrogen-bond acceptors (Lipinski definition) is 4. The molecule has 0 aliphatic heterocycles. The van der Waals surface area contributed by atoms with Gasteiger partial charge in [-0.1, -0.05) is 26.3 Å². The Morgan fingerprint density at radius 3 is 2.68 bits per heavy atom. The predicted molar refractivity (Wildman–Crippen MR) is 72.2 cm³/mol. The summed E-state index contributed by atoms with van der Waals surface area (Å²) in [6.45, 7) is 4.39. The monoisotopic (exact) mass is 285 g/mol. The first-order valence-corrected chi connectivity index (χ1v) is 7.69. The van der Waals surface area contributed by atoms with Crippen LogP contribution in [0.3, 0.4) is 0 Å². The van der Waals surface area contributed by atoms with E-state index in [4.69, 9.17) is 9.88 Å². The Bertz CT molecular complexity index is 539. The summed E-state index contributed by atoms with van der Waals surface area (Å²) in [6.07, 6.45) is 2.00. The molecule has 1 unspecified atom stereocenters. The fourth-order valence-corrected chi connectivity index (χ4v) is 2.24. The highest BCUT2D eigenvalue weighted by Gasteiger charge is 2.13. The van der Waals surface area contributed by atoms with Gasteiger partial charge in [-0.05, 0) is 30.5 Å². The number of benzene rings is 1. The topological polar surface area (TPSA) is 86.5 Å². The molecule has 0 heterocycles. The molecule has 0 bridgehead atoms. The van der Waals surface area contributed by atoms with Gasteiger partial charge in [0.1, 0.15) is 0 Å². The van der Waals surface area contributed by atoms with E-state index in [1.165, 1.54) is 24.3 Å². The molecule has 0 radical (unpaired) electrons. The minimum absolute atomic E-state index is 0.0939. The van der Waals surface area contributed by atoms with Crippen molar-refractivity contribution in [2.45, 2.75) is 31.6 Å². The Hall–Kier alpha value is -1.40. The molecule has 0 aliphatic rings. The highest BCUT2D eigenvalue weighted by atomic mass is 32.2. The quantitative estimate of drug-likeness (QED) is 0.809. The minimum atomic E-state index is -3.81. The van der Waals surface area contributed by atoms with E-state index in [1.54, 1.807) is 0 Å². The first-order valence-electron chi connectivity index (χ1n) is 6.14. The van der Waals surface area contributed by atoms with Crippen molar-refractivity contribution in [1.82, 2.24) is 0 Å². The fraction of sp³-hybridized carbons (Fsp3) is 0.462. The number of carbonyl (C=O) groups is 1. The number of hydrogen-bond donors (Lipinski definition) is 1. The average Bonchev–Trinajstić information content (AvgIpc) is 2.35. The Kier molecular flexibility index (Phi) is 5.50. The van der Waals surface area contributed by atoms with Crippen LogP contribution in [0.1, 0.15) is 37.0 Å². The summed E-state index contributed by atoms with van der Waals surface area (Å²) in [5.41, 5.74) is 0.190. The molecule has 0 spiro atoms. The standard InChI is InChI=1S/C13H19NO4S/c1-3-5-10(2)9-18-13(15)11-6-4-7-12(8-11)19(14,16)17/h4,6-8,10H,3,5,9H2,1-2H3,(H2,14,16,17). The summed E-state index contributed by atoms with van der Waals surface area (Å²) in [7, 11) is -3.81. The van der Waals surface area contributed by atoms with Crippen LogP contribution < -0.4 is 5.14 Å². The zero-order valence-corrected chi connectivity index (χ0v) is 11.9. The van der Waals surface area contributed by atoms with Crippen LogP contribution in [-0.4, -0.2) is 21.0 Å². The van der Waals surface area contributed by atoms with Crippen molar-refractivity contribution in [1.29, 1.82) is 0 Å². The van der Waals surface area contributed by atoms with Crippen LogP contribution in [0, 0.1) is 5.92 Å². The Morgan fingerprint density at radius 1 is 1.42 bits per heavy atom. The van der Waals surface area contributed by atoms with Crippen molar-refractivity contribution in [2.24, 2.45) is 11.1 Å². The van der Waals surface area contributed by atoms with Gasteiger partial charge in [0.15, 0.2) is 0 Å². The van der Waals surface area contributed by atoms with Gasteiger partial charge in [0, 0.05) is 0 Å². The van der Waals surface area contributed by atoms with Crippen LogP contribution >= 0.6 is 0 Å². The van der Waals surface area contributed by atoms with E-state index in [9.17, 15) is 13.2 Å². The summed E-state index contributed by atoms with van der Waals surface area (Å²) in [5.74, 6) is -0.246. The van der Waals surface area contributed by atoms with Crippen LogP contribution in [-0.2, 0) is 14.8 Å². The number of ether oxygens (including phenoxy) is 1. The molecule has 1 aromatic carbocycles. The lowest BCUT2D eigenvalue weighted by atomic mass is 10.1. The average molecular weight is 285 g/mol. The fourth-order valence-electron chi connectivity index (χ4n) is 1.68. The summed E-state index contributed by atoms with van der Waals surface area (Å²) < 4.78 is 27.5. The molecule has 1 aromatic rings. The van der Waals surface area contributed by atoms with Gasteiger partial charge in [-0.2, -0.15) is 0 Å². The maximum Gasteiger partial charge on any atom is 0.338 e. The van der Waals surface area contributed by atoms with Crippen molar-refractivity contribution in [3.63, 3.8) is 0 Å². The largest absolute Gasteiger partial charge is 0.462 e. The van der Waals surface area contributed by atoms with E-state index in [2.05, 4.69) is 6.92 Å². The lowest BCUT2D eigenvalue weighted by molar-refractivity contribution is 0.0443. The number of sulfonamides is 1. The molecule has 1 rings (SSSR count). The molecule has 5 nitrogen and oxygen atoms in total. The lowest BCUT2D eigenvalue weighted by Gasteiger charge is -2.11. The maximum absolute atomic E-state index is 11.8. The molecular weight excluding hydrogens is 266 g/mol. The second kappa shape index (κ2) is 6.68. The highest BCUT2D eigenvalue weighted by molar-refractivity contribution is 7.89. The van der Waals surface area contributed by atoms with Crippen molar-refractivity contribution < 1.29 is 17.9 Å². The van der Waals surface area contributed by atoms with E-state index < -0.39 is 16.0 Å². The van der Waals surface area contributed by atoms with Gasteiger partial charge in [0.25, 0.3) is 0 Å². The molecule has 1 atom stereocenters. The van der Waals surface area contributed by atoms with Gasteiger partial charge in [0.05, 0.1) is 17.1 Å². The molecule has 19 heavy (non-hydrogen) atoms. The second-order valence-corrected chi connectivity index (χ2v) is 6.13. The number of rotatable bonds is 6. The Balaban J connectivity index is 2.73. The van der Waals surface area contributed by atoms with Crippen molar-refractivity contribution in [2.75, 3.05) is 6.61 Å². The van der Waals surface area contributed by atoms with Crippen molar-refractivity contribution in [3.05, 3.63) is 29.8 Å². The van der Waals surface area contributed by atoms with Crippen LogP contribution in [0.15, 0.2) is 29.2 Å². The third-order valence-corrected chi connectivity index (χ3v) is 3.59. The smallest absolute Gasteiger partial charge is 0.338 e. The maximum atomic E-state index is 11.8. The third kappa shape index (κ3) is 5.00. The van der Waals surface area contributed by atoms with Crippen molar-refractivity contribution in [3.8, 4) is 0 Å². The second-order valence-electron chi connectivity index (χ2n) is 4.57. The number of esters is 1. The first-order chi connectivity index (χ1) is 8.84. The summed E-state index contributed by atoms with van der Waals surface area (Å²) in [6, 6.07) is 5.53. The highest BCUT2D eigenvalue weighted by Crippen LogP contribution is 2.12. The van der Waals surface area contributed by atoms with Crippen LogP contribution in [0.5, 0.6) is 0 Å². The van der Waals surface area contributed by atoms with Crippen LogP contribution in [0.2, 0.25) is 0 Å². The van der Waals surface area contributed by atoms with Crippen LogP contribution in [0.25, 0.3) is 0 Å². The molecule has 2 N–H and O–H groups in total. The minimum Gasteiger partial charge on any atom is -0.462 e. The zero-order valence-electron chi connectivity index (χ0n) is 11.1. The van der Waals surface area contributed by atoms with Gasteiger partial charge in [-0.25, -0.2) is 18.4 Å². The Labute approximate surface area is 113 Å². The van der Waals surface area contributed by atoms with Gasteiger partial charge in [-0.15, -0.1) is 0 Å². The van der Waals surface area contributed by atoms with E-state index >= 15 is 0 Å². The molecule has 106 valence electrons. The number of carbonyl (C=O) groups excluding carboxylic acids is 1. The molecule has 0 amide bonds. The lowest BCUT2D eigenvalue weighted by Crippen LogP contribution is -2.15. The molecule has 0 saturated heterocycles. The van der Waals surface area contributed by atoms with E-state index in [0.29, 0.717) is 6.61 Å². The summed E-state index contributed by atoms with van der Waals surface area (Å²) in [5, 5.41) is 5.01.